The lowest BCUT2D eigenvalue weighted by atomic mass is 10.1. The number of alkyl halides is 3. The van der Waals surface area contributed by atoms with E-state index in [0.29, 0.717) is 51.8 Å². The standard InChI is InChI=1S/C23H14F4N6O3/c24-13-4-3-11(23(25,26)27)10-15(13)31-21(34)30-14-5-6-16(12-2-1-8-28-18(12)14)36-17-7-9-29-20-19(17)32-22(35)33-20/h1-10H,(H2,30,31,34)(H2,29,32,33,35). The molecule has 0 fully saturated rings. The molecule has 0 spiro atoms. The number of carbonyl (C=O) groups is 1. The van der Waals surface area contributed by atoms with Crippen LogP contribution in [-0.4, -0.2) is 26.0 Å². The van der Waals surface area contributed by atoms with Crippen LogP contribution in [0.5, 0.6) is 11.5 Å². The van der Waals surface area contributed by atoms with Crippen molar-refractivity contribution in [3.63, 3.8) is 0 Å². The number of benzene rings is 2. The number of nitrogens with zero attached hydrogens (tertiary/aromatic N) is 2. The number of hydrogen-bond acceptors (Lipinski definition) is 5. The molecular formula is C23H14F4N6O3. The second-order valence-corrected chi connectivity index (χ2v) is 7.50. The largest absolute Gasteiger partial charge is 0.454 e. The molecule has 0 unspecified atom stereocenters. The molecular weight excluding hydrogens is 484 g/mol. The highest BCUT2D eigenvalue weighted by molar-refractivity contribution is 6.06. The van der Waals surface area contributed by atoms with Gasteiger partial charge in [0.2, 0.25) is 0 Å². The molecule has 182 valence electrons. The summed E-state index contributed by atoms with van der Waals surface area (Å²) in [5.41, 5.74) is -1.06. The van der Waals surface area contributed by atoms with E-state index in [-0.39, 0.29) is 5.69 Å². The lowest BCUT2D eigenvalue weighted by Crippen LogP contribution is -2.21. The highest BCUT2D eigenvalue weighted by atomic mass is 19.4. The number of aromatic nitrogens is 4. The number of rotatable bonds is 4. The van der Waals surface area contributed by atoms with Crippen LogP contribution in [-0.2, 0) is 6.18 Å². The zero-order valence-corrected chi connectivity index (χ0v) is 17.9. The Morgan fingerprint density at radius 2 is 1.72 bits per heavy atom. The maximum atomic E-state index is 14.0. The third kappa shape index (κ3) is 4.41. The monoisotopic (exact) mass is 498 g/mol. The van der Waals surface area contributed by atoms with Gasteiger partial charge < -0.3 is 20.4 Å². The van der Waals surface area contributed by atoms with Gasteiger partial charge in [-0.15, -0.1) is 0 Å². The summed E-state index contributed by atoms with van der Waals surface area (Å²) in [6, 6.07) is 8.58. The van der Waals surface area contributed by atoms with Crippen LogP contribution in [0.25, 0.3) is 22.1 Å². The molecule has 13 heteroatoms. The summed E-state index contributed by atoms with van der Waals surface area (Å²) in [4.78, 5) is 37.5. The van der Waals surface area contributed by atoms with Gasteiger partial charge in [0, 0.05) is 23.8 Å². The van der Waals surface area contributed by atoms with Gasteiger partial charge in [0.15, 0.2) is 11.4 Å². The number of H-pyrrole nitrogens is 2. The molecule has 9 nitrogen and oxygen atoms in total. The van der Waals surface area contributed by atoms with Crippen molar-refractivity contribution in [2.24, 2.45) is 0 Å². The maximum Gasteiger partial charge on any atom is 0.416 e. The molecule has 0 saturated heterocycles. The summed E-state index contributed by atoms with van der Waals surface area (Å²) in [5.74, 6) is -0.388. The number of anilines is 2. The highest BCUT2D eigenvalue weighted by Gasteiger charge is 2.31. The van der Waals surface area contributed by atoms with Crippen LogP contribution < -0.4 is 21.1 Å². The third-order valence-corrected chi connectivity index (χ3v) is 5.12. The number of urea groups is 1. The van der Waals surface area contributed by atoms with Crippen molar-refractivity contribution < 1.29 is 27.1 Å². The Labute approximate surface area is 198 Å². The molecule has 3 aromatic heterocycles. The van der Waals surface area contributed by atoms with Crippen molar-refractivity contribution in [1.82, 2.24) is 19.9 Å². The number of hydrogen-bond donors (Lipinski definition) is 4. The number of nitrogens with one attached hydrogen (secondary N) is 4. The van der Waals surface area contributed by atoms with E-state index in [4.69, 9.17) is 4.74 Å². The van der Waals surface area contributed by atoms with E-state index in [0.717, 1.165) is 0 Å². The van der Waals surface area contributed by atoms with E-state index in [9.17, 15) is 27.2 Å². The number of carbonyl (C=O) groups excluding carboxylic acids is 1. The van der Waals surface area contributed by atoms with Crippen LogP contribution in [0.4, 0.5) is 33.7 Å². The first-order valence-electron chi connectivity index (χ1n) is 10.3. The van der Waals surface area contributed by atoms with Crippen LogP contribution in [0.2, 0.25) is 0 Å². The zero-order valence-electron chi connectivity index (χ0n) is 17.9. The normalized spacial score (nSPS) is 11.6. The number of aromatic amines is 2. The predicted molar refractivity (Wildman–Crippen MR) is 123 cm³/mol. The Morgan fingerprint density at radius 1 is 0.917 bits per heavy atom. The Morgan fingerprint density at radius 3 is 2.53 bits per heavy atom. The third-order valence-electron chi connectivity index (χ3n) is 5.12. The quantitative estimate of drug-likeness (QED) is 0.247. The number of halogens is 4. The van der Waals surface area contributed by atoms with Gasteiger partial charge in [-0.25, -0.2) is 19.0 Å². The zero-order chi connectivity index (χ0) is 25.4. The minimum absolute atomic E-state index is 0.192. The van der Waals surface area contributed by atoms with Crippen LogP contribution in [0.15, 0.2) is 65.7 Å². The fourth-order valence-electron chi connectivity index (χ4n) is 3.53. The average molecular weight is 498 g/mol. The number of fused-ring (bicyclic) bond motifs is 2. The predicted octanol–water partition coefficient (Wildman–Crippen LogP) is 5.39. The Hall–Kier alpha value is -4.94. The SMILES string of the molecule is O=C(Nc1cc(C(F)(F)F)ccc1F)Nc1ccc(Oc2ccnc3[nH]c(=O)[nH]c23)c2cccnc12. The van der Waals surface area contributed by atoms with E-state index in [2.05, 4.69) is 30.6 Å². The number of amides is 2. The van der Waals surface area contributed by atoms with Gasteiger partial charge in [0.1, 0.15) is 17.1 Å². The maximum absolute atomic E-state index is 14.0. The van der Waals surface area contributed by atoms with Crippen molar-refractivity contribution >= 4 is 39.5 Å². The summed E-state index contributed by atoms with van der Waals surface area (Å²) in [6.45, 7) is 0. The van der Waals surface area contributed by atoms with Gasteiger partial charge >= 0.3 is 17.9 Å². The molecule has 0 aliphatic carbocycles. The van der Waals surface area contributed by atoms with Crippen LogP contribution >= 0.6 is 0 Å². The van der Waals surface area contributed by atoms with Crippen LogP contribution in [0.3, 0.4) is 0 Å². The molecule has 36 heavy (non-hydrogen) atoms. The van der Waals surface area contributed by atoms with Gasteiger partial charge in [-0.3, -0.25) is 9.97 Å². The fourth-order valence-corrected chi connectivity index (χ4v) is 3.53. The highest BCUT2D eigenvalue weighted by Crippen LogP contribution is 2.35. The van der Waals surface area contributed by atoms with Gasteiger partial charge in [0.05, 0.1) is 22.5 Å². The van der Waals surface area contributed by atoms with E-state index in [1.807, 2.05) is 0 Å². The van der Waals surface area contributed by atoms with Gasteiger partial charge in [-0.1, -0.05) is 0 Å². The first kappa shape index (κ1) is 22.8. The summed E-state index contributed by atoms with van der Waals surface area (Å²) in [7, 11) is 0. The summed E-state index contributed by atoms with van der Waals surface area (Å²) >= 11 is 0. The molecule has 0 aliphatic heterocycles. The van der Waals surface area contributed by atoms with Crippen LogP contribution in [0.1, 0.15) is 5.56 Å². The molecule has 0 radical (unpaired) electrons. The molecule has 2 amide bonds. The topological polar surface area (TPSA) is 125 Å². The average Bonchev–Trinajstić information content (AvgIpc) is 3.22. The van der Waals surface area contributed by atoms with Crippen LogP contribution in [0, 0.1) is 5.82 Å². The van der Waals surface area contributed by atoms with Crippen molar-refractivity contribution in [2.75, 3.05) is 10.6 Å². The summed E-state index contributed by atoms with van der Waals surface area (Å²) in [5, 5.41) is 5.02. The smallest absolute Gasteiger partial charge is 0.416 e. The molecule has 4 N–H and O–H groups in total. The van der Waals surface area contributed by atoms with Crippen molar-refractivity contribution in [3.05, 3.63) is 82.8 Å². The first-order chi connectivity index (χ1) is 17.2. The molecule has 0 aliphatic rings. The number of pyridine rings is 2. The van der Waals surface area contributed by atoms with E-state index in [1.54, 1.807) is 18.2 Å². The number of ether oxygens (including phenoxy) is 1. The first-order valence-corrected chi connectivity index (χ1v) is 10.3. The Bertz CT molecular complexity index is 1680. The lowest BCUT2D eigenvalue weighted by molar-refractivity contribution is -0.137. The molecule has 0 atom stereocenters. The number of imidazole rings is 1. The van der Waals surface area contributed by atoms with E-state index in [1.165, 1.54) is 24.5 Å². The summed E-state index contributed by atoms with van der Waals surface area (Å²) < 4.78 is 58.8. The summed E-state index contributed by atoms with van der Waals surface area (Å²) in [6.07, 6.45) is -1.78. The van der Waals surface area contributed by atoms with Crippen molar-refractivity contribution in [1.29, 1.82) is 0 Å². The van der Waals surface area contributed by atoms with Gasteiger partial charge in [-0.05, 0) is 42.5 Å². The minimum atomic E-state index is -4.70. The molecule has 3 heterocycles. The molecule has 2 aromatic carbocycles. The molecule has 0 bridgehead atoms. The minimum Gasteiger partial charge on any atom is -0.454 e. The second kappa shape index (κ2) is 8.69. The Kier molecular flexibility index (Phi) is 5.51. The van der Waals surface area contributed by atoms with Crippen molar-refractivity contribution in [2.45, 2.75) is 6.18 Å². The lowest BCUT2D eigenvalue weighted by Gasteiger charge is -2.14. The van der Waals surface area contributed by atoms with Gasteiger partial charge in [0.25, 0.3) is 0 Å². The van der Waals surface area contributed by atoms with Gasteiger partial charge in [-0.2, -0.15) is 13.2 Å². The van der Waals surface area contributed by atoms with Crippen molar-refractivity contribution in [3.8, 4) is 11.5 Å². The van der Waals surface area contributed by atoms with E-state index >= 15 is 0 Å². The Balaban J connectivity index is 1.43. The molecule has 0 saturated carbocycles. The molecule has 5 rings (SSSR count). The molecule has 5 aromatic rings. The second-order valence-electron chi connectivity index (χ2n) is 7.50. The fraction of sp³-hybridized carbons (Fsp3) is 0.0435. The van der Waals surface area contributed by atoms with E-state index < -0.39 is 35.0 Å².